The summed E-state index contributed by atoms with van der Waals surface area (Å²) < 4.78 is 0. The van der Waals surface area contributed by atoms with E-state index in [0.717, 1.165) is 12.1 Å². The molecule has 1 aliphatic rings. The van der Waals surface area contributed by atoms with Crippen molar-refractivity contribution in [3.63, 3.8) is 0 Å². The fraction of sp³-hybridized carbons (Fsp3) is 0.417. The quantitative estimate of drug-likeness (QED) is 0.701. The van der Waals surface area contributed by atoms with E-state index in [0.29, 0.717) is 5.73 Å². The molecular weight excluding hydrogens is 202 g/mol. The van der Waals surface area contributed by atoms with Crippen LogP contribution in [0.2, 0.25) is 19.6 Å². The van der Waals surface area contributed by atoms with Crippen molar-refractivity contribution in [1.29, 1.82) is 0 Å². The van der Waals surface area contributed by atoms with Gasteiger partial charge in [0.25, 0.3) is 0 Å². The first kappa shape index (κ1) is 10.4. The monoisotopic (exact) mass is 219 g/mol. The summed E-state index contributed by atoms with van der Waals surface area (Å²) in [6, 6.07) is 10.3. The molecule has 0 aliphatic carbocycles. The Labute approximate surface area is 92.0 Å². The second kappa shape index (κ2) is 3.81. The normalized spacial score (nSPS) is 21.0. The number of hydrogen-bond donors (Lipinski definition) is 0. The number of rotatable bonds is 2. The van der Waals surface area contributed by atoms with Gasteiger partial charge in [0, 0.05) is 6.42 Å². The highest BCUT2D eigenvalue weighted by Crippen LogP contribution is 2.23. The molecule has 0 N–H and O–H groups in total. The summed E-state index contributed by atoms with van der Waals surface area (Å²) in [6.45, 7) is 6.96. The summed E-state index contributed by atoms with van der Waals surface area (Å²) in [4.78, 5) is 5.53. The minimum atomic E-state index is -1.24. The summed E-state index contributed by atoms with van der Waals surface area (Å²) in [5.74, 6) is 0. The van der Waals surface area contributed by atoms with E-state index in [4.69, 9.17) is 4.84 Å². The molecule has 80 valence electrons. The predicted octanol–water partition coefficient (Wildman–Crippen LogP) is 3.06. The third-order valence-corrected chi connectivity index (χ3v) is 4.98. The van der Waals surface area contributed by atoms with Crippen LogP contribution in [0.4, 0.5) is 0 Å². The Morgan fingerprint density at radius 3 is 2.40 bits per heavy atom. The molecule has 0 bridgehead atoms. The molecule has 0 aromatic heterocycles. The molecule has 1 aromatic rings. The highest BCUT2D eigenvalue weighted by molar-refractivity contribution is 6.77. The van der Waals surface area contributed by atoms with Crippen molar-refractivity contribution in [2.45, 2.75) is 31.8 Å². The third kappa shape index (κ3) is 2.29. The van der Waals surface area contributed by atoms with Gasteiger partial charge in [-0.3, -0.25) is 0 Å². The average molecular weight is 219 g/mol. The van der Waals surface area contributed by atoms with Gasteiger partial charge in [0.2, 0.25) is 0 Å². The van der Waals surface area contributed by atoms with E-state index in [2.05, 4.69) is 36.9 Å². The molecule has 0 unspecified atom stereocenters. The second-order valence-corrected chi connectivity index (χ2v) is 10.4. The minimum Gasteiger partial charge on any atom is -0.396 e. The zero-order chi connectivity index (χ0) is 10.9. The van der Waals surface area contributed by atoms with Gasteiger partial charge in [0.05, 0.1) is 13.8 Å². The van der Waals surface area contributed by atoms with Crippen LogP contribution in [0.25, 0.3) is 0 Å². The zero-order valence-electron chi connectivity index (χ0n) is 9.53. The van der Waals surface area contributed by atoms with Crippen LogP contribution in [0.3, 0.4) is 0 Å². The number of hydrogen-bond acceptors (Lipinski definition) is 2. The van der Waals surface area contributed by atoms with Crippen molar-refractivity contribution >= 4 is 13.8 Å². The lowest BCUT2D eigenvalue weighted by atomic mass is 10.1. The third-order valence-electron chi connectivity index (χ3n) is 2.74. The predicted molar refractivity (Wildman–Crippen MR) is 65.8 cm³/mol. The smallest absolute Gasteiger partial charge is 0.120 e. The number of benzene rings is 1. The molecule has 0 saturated carbocycles. The first-order valence-electron chi connectivity index (χ1n) is 5.35. The second-order valence-electron chi connectivity index (χ2n) is 5.07. The Bertz CT molecular complexity index is 367. The molecule has 2 rings (SSSR count). The molecule has 15 heavy (non-hydrogen) atoms. The van der Waals surface area contributed by atoms with Crippen LogP contribution in [-0.4, -0.2) is 19.5 Å². The van der Waals surface area contributed by atoms with Crippen LogP contribution in [0.15, 0.2) is 35.5 Å². The maximum Gasteiger partial charge on any atom is 0.120 e. The Kier molecular flexibility index (Phi) is 2.65. The van der Waals surface area contributed by atoms with Crippen LogP contribution in [0, 0.1) is 0 Å². The Morgan fingerprint density at radius 2 is 1.87 bits per heavy atom. The molecule has 0 saturated heterocycles. The summed E-state index contributed by atoms with van der Waals surface area (Å²) in [7, 11) is -1.24. The maximum atomic E-state index is 5.53. The lowest BCUT2D eigenvalue weighted by Gasteiger charge is -2.21. The van der Waals surface area contributed by atoms with Crippen molar-refractivity contribution in [2.24, 2.45) is 5.16 Å². The van der Waals surface area contributed by atoms with Crippen LogP contribution in [0.5, 0.6) is 0 Å². The number of oxime groups is 1. The molecule has 0 radical (unpaired) electrons. The molecule has 1 atom stereocenters. The molecule has 1 aliphatic heterocycles. The van der Waals surface area contributed by atoms with Crippen molar-refractivity contribution < 1.29 is 4.84 Å². The van der Waals surface area contributed by atoms with Crippen molar-refractivity contribution in [3.05, 3.63) is 35.9 Å². The van der Waals surface area contributed by atoms with E-state index in [1.54, 1.807) is 0 Å². The van der Waals surface area contributed by atoms with Gasteiger partial charge in [-0.15, -0.1) is 0 Å². The summed E-state index contributed by atoms with van der Waals surface area (Å²) in [6.07, 6.45) is 0.972. The van der Waals surface area contributed by atoms with Crippen LogP contribution in [0.1, 0.15) is 12.0 Å². The van der Waals surface area contributed by atoms with Crippen LogP contribution in [-0.2, 0) is 4.84 Å². The van der Waals surface area contributed by atoms with E-state index in [1.165, 1.54) is 5.56 Å². The van der Waals surface area contributed by atoms with E-state index in [-0.39, 0.29) is 0 Å². The highest BCUT2D eigenvalue weighted by Gasteiger charge is 2.34. The SMILES string of the molecule is C[Si](C)(C)[C@H]1CC(c2ccccc2)=NO1. The zero-order valence-corrected chi connectivity index (χ0v) is 10.5. The van der Waals surface area contributed by atoms with Crippen LogP contribution < -0.4 is 0 Å². The summed E-state index contributed by atoms with van der Waals surface area (Å²) in [5, 5.41) is 4.21. The summed E-state index contributed by atoms with van der Waals surface area (Å²) >= 11 is 0. The highest BCUT2D eigenvalue weighted by atomic mass is 28.3. The molecule has 1 heterocycles. The summed E-state index contributed by atoms with van der Waals surface area (Å²) in [5.41, 5.74) is 2.63. The molecule has 0 amide bonds. The van der Waals surface area contributed by atoms with E-state index in [9.17, 15) is 0 Å². The molecule has 0 spiro atoms. The van der Waals surface area contributed by atoms with Crippen molar-refractivity contribution in [1.82, 2.24) is 0 Å². The van der Waals surface area contributed by atoms with E-state index >= 15 is 0 Å². The fourth-order valence-corrected chi connectivity index (χ4v) is 2.82. The van der Waals surface area contributed by atoms with Gasteiger partial charge in [0.15, 0.2) is 0 Å². The van der Waals surface area contributed by atoms with E-state index < -0.39 is 8.07 Å². The molecule has 0 fully saturated rings. The number of nitrogens with zero attached hydrogens (tertiary/aromatic N) is 1. The fourth-order valence-electron chi connectivity index (χ4n) is 1.64. The van der Waals surface area contributed by atoms with Gasteiger partial charge in [-0.1, -0.05) is 55.1 Å². The molecule has 3 heteroatoms. The lowest BCUT2D eigenvalue weighted by molar-refractivity contribution is 0.135. The van der Waals surface area contributed by atoms with E-state index in [1.807, 2.05) is 18.2 Å². The topological polar surface area (TPSA) is 21.6 Å². The molecular formula is C12H17NOSi. The van der Waals surface area contributed by atoms with Gasteiger partial charge in [0.1, 0.15) is 5.73 Å². The Hall–Kier alpha value is -1.09. The van der Waals surface area contributed by atoms with Crippen molar-refractivity contribution in [2.75, 3.05) is 0 Å². The first-order chi connectivity index (χ1) is 7.07. The Morgan fingerprint density at radius 1 is 1.20 bits per heavy atom. The average Bonchev–Trinajstić information content (AvgIpc) is 2.67. The van der Waals surface area contributed by atoms with Gasteiger partial charge in [-0.05, 0) is 5.56 Å². The largest absolute Gasteiger partial charge is 0.396 e. The lowest BCUT2D eigenvalue weighted by Crippen LogP contribution is -2.38. The minimum absolute atomic E-state index is 0.340. The van der Waals surface area contributed by atoms with Crippen LogP contribution >= 0.6 is 0 Å². The maximum absolute atomic E-state index is 5.53. The van der Waals surface area contributed by atoms with Gasteiger partial charge < -0.3 is 4.84 Å². The first-order valence-corrected chi connectivity index (χ1v) is 8.93. The molecule has 1 aromatic carbocycles. The molecule has 2 nitrogen and oxygen atoms in total. The Balaban J connectivity index is 2.11. The van der Waals surface area contributed by atoms with Gasteiger partial charge >= 0.3 is 0 Å². The van der Waals surface area contributed by atoms with Gasteiger partial charge in [-0.25, -0.2) is 0 Å². The standard InChI is InChI=1S/C12H17NOSi/c1-15(2,3)12-9-11(13-14-12)10-7-5-4-6-8-10/h4-8,12H,9H2,1-3H3/t12-/m0/s1. The van der Waals surface area contributed by atoms with Crippen molar-refractivity contribution in [3.8, 4) is 0 Å². The van der Waals surface area contributed by atoms with Gasteiger partial charge in [-0.2, -0.15) is 0 Å².